The molecule has 3 aromatic carbocycles. The monoisotopic (exact) mass is 1180 g/mol. The number of nitrogens with one attached hydrogen (secondary N) is 2. The number of thiazole rings is 1. The van der Waals surface area contributed by atoms with Crippen LogP contribution in [-0.4, -0.2) is 147 Å². The molecule has 3 aromatic heterocycles. The predicted molar refractivity (Wildman–Crippen MR) is 307 cm³/mol. The van der Waals surface area contributed by atoms with Crippen molar-refractivity contribution in [2.45, 2.75) is 116 Å². The van der Waals surface area contributed by atoms with Crippen molar-refractivity contribution in [2.24, 2.45) is 5.92 Å². The Morgan fingerprint density at radius 1 is 0.857 bits per heavy atom. The van der Waals surface area contributed by atoms with Crippen LogP contribution in [0.2, 0.25) is 0 Å². The summed E-state index contributed by atoms with van der Waals surface area (Å²) in [4.78, 5) is 78.4. The maximum atomic E-state index is 16.2. The van der Waals surface area contributed by atoms with Gasteiger partial charge in [0.15, 0.2) is 5.76 Å². The second kappa shape index (κ2) is 26.1. The van der Waals surface area contributed by atoms with Crippen molar-refractivity contribution in [3.05, 3.63) is 118 Å². The number of carbonyl (C=O) groups is 4. The number of hydrogen-bond acceptors (Lipinski definition) is 15. The Kier molecular flexibility index (Phi) is 19.0. The van der Waals surface area contributed by atoms with Gasteiger partial charge in [0.2, 0.25) is 23.7 Å². The molecule has 3 saturated heterocycles. The molecule has 0 saturated carbocycles. The Hall–Kier alpha value is -7.57. The molecule has 4 amide bonds. The second-order valence-corrected chi connectivity index (χ2v) is 23.2. The first-order valence-electron chi connectivity index (χ1n) is 28.3. The largest absolute Gasteiger partial charge is 0.476 e. The van der Waals surface area contributed by atoms with Gasteiger partial charge >= 0.3 is 6.18 Å². The number of aromatic nitrogens is 4. The van der Waals surface area contributed by atoms with Gasteiger partial charge in [-0.2, -0.15) is 13.2 Å². The number of hydrogen-bond donors (Lipinski definition) is 3. The van der Waals surface area contributed by atoms with E-state index < -0.39 is 52.9 Å². The number of aliphatic hydroxyl groups is 1. The lowest BCUT2D eigenvalue weighted by atomic mass is 9.91. The highest BCUT2D eigenvalue weighted by Crippen LogP contribution is 2.39. The van der Waals surface area contributed by atoms with E-state index in [0.717, 1.165) is 33.8 Å². The zero-order chi connectivity index (χ0) is 60.1. The molecule has 0 aliphatic carbocycles. The predicted octanol–water partition coefficient (Wildman–Crippen LogP) is 9.51. The van der Waals surface area contributed by atoms with Crippen LogP contribution in [-0.2, 0) is 20.6 Å². The molecule has 3 aliphatic rings. The first-order valence-corrected chi connectivity index (χ1v) is 29.1. The van der Waals surface area contributed by atoms with Gasteiger partial charge in [-0.1, -0.05) is 38.1 Å². The molecule has 18 nitrogen and oxygen atoms in total. The van der Waals surface area contributed by atoms with Gasteiger partial charge in [-0.25, -0.2) is 23.7 Å². The summed E-state index contributed by atoms with van der Waals surface area (Å²) in [5.41, 5.74) is 3.02. The standard InChI is InChI=1S/C60H70F5N11O7S/c1-34(2)54(58(81)76-32-43(77)24-50(76)57(80)69-37(5)39-12-14-40(15-13-39)55-38(6)68-33-84-55)51-27-52(71-83-51)82-22-10-8-9-11-53(78)73-18-20-74(21-19-73)59-66-28-41(29-67-59)45-25-48(49(26-47(45)62)75-30-35(3)72(7)36(4)31-75)70-56(79)44-17-16-42(61)23-46(44)60(63,64)65/h12-17,23,25-29,33-37,43,50,54,77H,8-11,18-22,24,30-32H2,1-7H3,(H,69,80)(H,70,79)/t35-,36+,37-,43+,50-,54+/m0/s1. The lowest BCUT2D eigenvalue weighted by Crippen LogP contribution is -2.55. The molecule has 84 heavy (non-hydrogen) atoms. The number of halogens is 5. The molecule has 6 aromatic rings. The summed E-state index contributed by atoms with van der Waals surface area (Å²) < 4.78 is 83.7. The third-order valence-corrected chi connectivity index (χ3v) is 17.1. The van der Waals surface area contributed by atoms with E-state index in [1.54, 1.807) is 22.3 Å². The van der Waals surface area contributed by atoms with Crippen molar-refractivity contribution in [1.82, 2.24) is 40.1 Å². The number of amides is 4. The van der Waals surface area contributed by atoms with Crippen molar-refractivity contribution in [1.29, 1.82) is 0 Å². The minimum atomic E-state index is -5.02. The number of β-amino-alcohol motifs (C(OH)–C–C–N with tert-alkyl or cyclic N) is 1. The van der Waals surface area contributed by atoms with Crippen LogP contribution in [0.4, 0.5) is 39.3 Å². The zero-order valence-electron chi connectivity index (χ0n) is 48.0. The maximum Gasteiger partial charge on any atom is 0.417 e. The molecule has 0 bridgehead atoms. The van der Waals surface area contributed by atoms with Crippen LogP contribution >= 0.6 is 11.3 Å². The van der Waals surface area contributed by atoms with Gasteiger partial charge in [0.05, 0.1) is 57.3 Å². The van der Waals surface area contributed by atoms with Crippen LogP contribution in [0.3, 0.4) is 0 Å². The van der Waals surface area contributed by atoms with Crippen LogP contribution in [0.15, 0.2) is 83.1 Å². The molecule has 3 aliphatic heterocycles. The minimum Gasteiger partial charge on any atom is -0.476 e. The van der Waals surface area contributed by atoms with Gasteiger partial charge in [-0.15, -0.1) is 11.3 Å². The fourth-order valence-electron chi connectivity index (χ4n) is 11.2. The first-order chi connectivity index (χ1) is 40.0. The van der Waals surface area contributed by atoms with Crippen LogP contribution < -0.4 is 25.2 Å². The zero-order valence-corrected chi connectivity index (χ0v) is 48.8. The van der Waals surface area contributed by atoms with Crippen LogP contribution in [0.5, 0.6) is 5.88 Å². The average molecular weight is 1180 g/mol. The molecule has 3 N–H and O–H groups in total. The highest BCUT2D eigenvalue weighted by atomic mass is 32.1. The summed E-state index contributed by atoms with van der Waals surface area (Å²) in [6.45, 7) is 14.4. The lowest BCUT2D eigenvalue weighted by Gasteiger charge is -2.44. The number of unbranched alkanes of at least 4 members (excludes halogenated alkanes) is 2. The molecule has 0 unspecified atom stereocenters. The van der Waals surface area contributed by atoms with Gasteiger partial charge < -0.3 is 44.6 Å². The molecule has 3 fully saturated rings. The van der Waals surface area contributed by atoms with Gasteiger partial charge in [0.1, 0.15) is 23.6 Å². The van der Waals surface area contributed by atoms with Crippen molar-refractivity contribution in [2.75, 3.05) is 74.6 Å². The summed E-state index contributed by atoms with van der Waals surface area (Å²) >= 11 is 1.56. The van der Waals surface area contributed by atoms with Crippen molar-refractivity contribution in [3.63, 3.8) is 0 Å². The molecule has 0 spiro atoms. The van der Waals surface area contributed by atoms with Crippen molar-refractivity contribution >= 4 is 52.3 Å². The highest BCUT2D eigenvalue weighted by Gasteiger charge is 2.44. The summed E-state index contributed by atoms with van der Waals surface area (Å²) in [5, 5.41) is 20.4. The Bertz CT molecular complexity index is 3290. The molecular weight excluding hydrogens is 1110 g/mol. The average Bonchev–Trinajstić information content (AvgIpc) is 2.76. The van der Waals surface area contributed by atoms with Crippen LogP contribution in [0.1, 0.15) is 112 Å². The third kappa shape index (κ3) is 14.0. The number of aryl methyl sites for hydroxylation is 1. The van der Waals surface area contributed by atoms with Gasteiger partial charge in [-0.3, -0.25) is 24.1 Å². The van der Waals surface area contributed by atoms with E-state index in [4.69, 9.17) is 9.26 Å². The topological polar surface area (TPSA) is 203 Å². The second-order valence-electron chi connectivity index (χ2n) is 22.4. The summed E-state index contributed by atoms with van der Waals surface area (Å²) in [6.07, 6.45) is -0.687. The molecule has 448 valence electrons. The Morgan fingerprint density at radius 3 is 2.21 bits per heavy atom. The van der Waals surface area contributed by atoms with E-state index >= 15 is 4.39 Å². The number of ether oxygens (including phenoxy) is 1. The molecule has 0 radical (unpaired) electrons. The van der Waals surface area contributed by atoms with Crippen molar-refractivity contribution in [3.8, 4) is 27.4 Å². The normalized spacial score (nSPS) is 19.4. The number of nitrogens with zero attached hydrogens (tertiary/aromatic N) is 9. The number of likely N-dealkylation sites (N-methyl/N-ethyl adjacent to an activating group) is 1. The quantitative estimate of drug-likeness (QED) is 0.0511. The molecule has 6 heterocycles. The van der Waals surface area contributed by atoms with E-state index in [1.165, 1.54) is 29.4 Å². The number of alkyl halides is 3. The molecule has 9 rings (SSSR count). The lowest BCUT2D eigenvalue weighted by molar-refractivity contribution is -0.141. The number of piperazine rings is 2. The van der Waals surface area contributed by atoms with E-state index in [1.807, 2.05) is 88.2 Å². The maximum absolute atomic E-state index is 16.2. The Labute approximate surface area is 488 Å². The minimum absolute atomic E-state index is 0.000495. The number of carbonyl (C=O) groups excluding carboxylic acids is 4. The fraction of sp³-hybridized carbons (Fsp3) is 0.467. The van der Waals surface area contributed by atoms with Crippen molar-refractivity contribution < 1.29 is 55.5 Å². The number of aliphatic hydroxyl groups excluding tert-OH is 1. The number of rotatable bonds is 19. The smallest absolute Gasteiger partial charge is 0.417 e. The Balaban J connectivity index is 0.735. The first kappa shape index (κ1) is 61.0. The highest BCUT2D eigenvalue weighted by molar-refractivity contribution is 7.13. The molecule has 6 atom stereocenters. The SMILES string of the molecule is Cc1ncsc1-c1ccc([C@H](C)NC(=O)[C@@H]2C[C@@H](O)CN2C(=O)[C@@H](c2cc(OCCCCCC(=O)N3CCN(c4ncc(-c5cc(NC(=O)c6ccc(F)cc6C(F)(F)F)c(N6C[C@@H](C)N(C)[C@@H](C)C6)cc5F)cn4)CC3)no2)C(C)C)cc1. The van der Waals surface area contributed by atoms with E-state index in [9.17, 15) is 41.8 Å². The molecule has 24 heteroatoms. The summed E-state index contributed by atoms with van der Waals surface area (Å²) in [7, 11) is 1.96. The number of likely N-dealkylation sites (tertiary alicyclic amines) is 1. The van der Waals surface area contributed by atoms with Gasteiger partial charge in [0.25, 0.3) is 11.8 Å². The molecular formula is C60H70F5N11O7S. The van der Waals surface area contributed by atoms with E-state index in [2.05, 4.69) is 35.6 Å². The third-order valence-electron chi connectivity index (χ3n) is 16.1. The number of anilines is 3. The summed E-state index contributed by atoms with van der Waals surface area (Å²) in [6, 6.07) is 12.7. The summed E-state index contributed by atoms with van der Waals surface area (Å²) in [5.74, 6) is -3.88. The van der Waals surface area contributed by atoms with Gasteiger partial charge in [0, 0.05) is 100 Å². The fourth-order valence-corrected chi connectivity index (χ4v) is 12.0. The van der Waals surface area contributed by atoms with E-state index in [-0.39, 0.29) is 94.9 Å². The van der Waals surface area contributed by atoms with Crippen LogP contribution in [0.25, 0.3) is 21.6 Å². The van der Waals surface area contributed by atoms with Gasteiger partial charge in [-0.05, 0) is 107 Å². The Morgan fingerprint density at radius 2 is 1.56 bits per heavy atom. The van der Waals surface area contributed by atoms with Crippen LogP contribution in [0, 0.1) is 24.5 Å². The number of benzene rings is 3. The van der Waals surface area contributed by atoms with E-state index in [0.29, 0.717) is 77.5 Å².